The van der Waals surface area contributed by atoms with Gasteiger partial charge in [-0.25, -0.2) is 0 Å². The Morgan fingerprint density at radius 2 is 1.81 bits per heavy atom. The summed E-state index contributed by atoms with van der Waals surface area (Å²) in [6.07, 6.45) is 3.71. The van der Waals surface area contributed by atoms with Crippen LogP contribution in [0.15, 0.2) is 30.3 Å². The minimum absolute atomic E-state index is 0.160. The smallest absolute Gasteiger partial charge is 0.0177 e. The van der Waals surface area contributed by atoms with Gasteiger partial charge < -0.3 is 10.2 Å². The van der Waals surface area contributed by atoms with Crippen molar-refractivity contribution in [2.75, 3.05) is 26.7 Å². The number of nitrogens with one attached hydrogen (secondary N) is 1. The largest absolute Gasteiger partial charge is 0.316 e. The molecular weight excluding hydrogens is 256 g/mol. The Balaban J connectivity index is 2.81. The molecule has 0 fully saturated rings. The zero-order valence-electron chi connectivity index (χ0n) is 14.7. The maximum absolute atomic E-state index is 3.62. The third-order valence-corrected chi connectivity index (χ3v) is 4.47. The van der Waals surface area contributed by atoms with Crippen molar-refractivity contribution >= 4 is 0 Å². The molecule has 0 saturated carbocycles. The molecule has 0 aliphatic heterocycles. The Kier molecular flexibility index (Phi) is 7.98. The normalized spacial score (nSPS) is 15.9. The molecule has 0 amide bonds. The highest BCUT2D eigenvalue weighted by atomic mass is 15.1. The van der Waals surface area contributed by atoms with E-state index in [1.807, 2.05) is 0 Å². The number of nitrogens with zero attached hydrogens (tertiary/aromatic N) is 1. The topological polar surface area (TPSA) is 15.3 Å². The molecule has 1 aromatic carbocycles. The highest BCUT2D eigenvalue weighted by Gasteiger charge is 2.28. The van der Waals surface area contributed by atoms with Crippen LogP contribution >= 0.6 is 0 Å². The van der Waals surface area contributed by atoms with Crippen molar-refractivity contribution in [2.24, 2.45) is 0 Å². The van der Waals surface area contributed by atoms with Crippen molar-refractivity contribution in [2.45, 2.75) is 58.4 Å². The van der Waals surface area contributed by atoms with Crippen LogP contribution < -0.4 is 5.32 Å². The monoisotopic (exact) mass is 290 g/mol. The average molecular weight is 290 g/mol. The number of benzene rings is 1. The molecule has 120 valence electrons. The summed E-state index contributed by atoms with van der Waals surface area (Å²) in [5, 5.41) is 3.62. The number of likely N-dealkylation sites (N-methyl/N-ethyl adjacent to an activating group) is 1. The van der Waals surface area contributed by atoms with E-state index >= 15 is 0 Å². The molecule has 0 saturated heterocycles. The Labute approximate surface area is 131 Å². The van der Waals surface area contributed by atoms with E-state index in [1.165, 1.54) is 24.8 Å². The molecule has 1 N–H and O–H groups in total. The first-order valence-electron chi connectivity index (χ1n) is 8.50. The van der Waals surface area contributed by atoms with Crippen LogP contribution in [-0.2, 0) is 5.41 Å². The van der Waals surface area contributed by atoms with Gasteiger partial charge in [0.1, 0.15) is 0 Å². The second-order valence-electron chi connectivity index (χ2n) is 6.66. The maximum Gasteiger partial charge on any atom is 0.0177 e. The van der Waals surface area contributed by atoms with Crippen molar-refractivity contribution in [3.05, 3.63) is 35.9 Å². The van der Waals surface area contributed by atoms with Crippen molar-refractivity contribution in [3.8, 4) is 0 Å². The van der Waals surface area contributed by atoms with E-state index < -0.39 is 0 Å². The Hall–Kier alpha value is -0.860. The second kappa shape index (κ2) is 9.22. The molecule has 1 rings (SSSR count). The molecule has 0 heterocycles. The number of hydrogen-bond donors (Lipinski definition) is 1. The van der Waals surface area contributed by atoms with Gasteiger partial charge in [-0.05, 0) is 38.9 Å². The van der Waals surface area contributed by atoms with Gasteiger partial charge in [0.15, 0.2) is 0 Å². The summed E-state index contributed by atoms with van der Waals surface area (Å²) in [6, 6.07) is 11.6. The van der Waals surface area contributed by atoms with Crippen LogP contribution in [0.5, 0.6) is 0 Å². The Morgan fingerprint density at radius 3 is 2.38 bits per heavy atom. The molecule has 2 heteroatoms. The van der Waals surface area contributed by atoms with Gasteiger partial charge in [-0.1, -0.05) is 57.5 Å². The third-order valence-electron chi connectivity index (χ3n) is 4.47. The summed E-state index contributed by atoms with van der Waals surface area (Å²) in [5.74, 6) is 0. The van der Waals surface area contributed by atoms with Crippen molar-refractivity contribution in [3.63, 3.8) is 0 Å². The van der Waals surface area contributed by atoms with Crippen LogP contribution in [-0.4, -0.2) is 37.6 Å². The first kappa shape index (κ1) is 18.2. The molecule has 0 aromatic heterocycles. The summed E-state index contributed by atoms with van der Waals surface area (Å²) >= 11 is 0. The Bertz CT molecular complexity index is 376. The highest BCUT2D eigenvalue weighted by Crippen LogP contribution is 2.25. The lowest BCUT2D eigenvalue weighted by molar-refractivity contribution is 0.191. The van der Waals surface area contributed by atoms with E-state index in [9.17, 15) is 0 Å². The SMILES string of the molecule is CCCNCC(C)(CN(C)C(C)CCC)c1ccccc1. The van der Waals surface area contributed by atoms with Gasteiger partial charge in [-0.2, -0.15) is 0 Å². The predicted molar refractivity (Wildman–Crippen MR) is 94.0 cm³/mol. The molecule has 1 aromatic rings. The summed E-state index contributed by atoms with van der Waals surface area (Å²) in [6.45, 7) is 12.4. The van der Waals surface area contributed by atoms with E-state index in [1.54, 1.807) is 0 Å². The quantitative estimate of drug-likeness (QED) is 0.654. The Morgan fingerprint density at radius 1 is 1.14 bits per heavy atom. The van der Waals surface area contributed by atoms with Gasteiger partial charge in [-0.15, -0.1) is 0 Å². The molecule has 0 aliphatic carbocycles. The molecule has 2 atom stereocenters. The molecule has 2 unspecified atom stereocenters. The maximum atomic E-state index is 3.62. The van der Waals surface area contributed by atoms with Gasteiger partial charge in [0.25, 0.3) is 0 Å². The van der Waals surface area contributed by atoms with E-state index in [4.69, 9.17) is 0 Å². The first-order valence-corrected chi connectivity index (χ1v) is 8.50. The number of rotatable bonds is 10. The van der Waals surface area contributed by atoms with E-state index in [2.05, 4.69) is 75.3 Å². The van der Waals surface area contributed by atoms with Crippen LogP contribution in [0.4, 0.5) is 0 Å². The zero-order valence-corrected chi connectivity index (χ0v) is 14.7. The van der Waals surface area contributed by atoms with E-state index in [0.29, 0.717) is 6.04 Å². The van der Waals surface area contributed by atoms with Gasteiger partial charge >= 0.3 is 0 Å². The van der Waals surface area contributed by atoms with Crippen LogP contribution in [0, 0.1) is 0 Å². The lowest BCUT2D eigenvalue weighted by Crippen LogP contribution is -2.46. The summed E-state index contributed by atoms with van der Waals surface area (Å²) in [5.41, 5.74) is 1.59. The molecule has 2 nitrogen and oxygen atoms in total. The van der Waals surface area contributed by atoms with Crippen LogP contribution in [0.2, 0.25) is 0 Å². The molecule has 0 spiro atoms. The fourth-order valence-corrected chi connectivity index (χ4v) is 2.98. The van der Waals surface area contributed by atoms with Gasteiger partial charge in [-0.3, -0.25) is 0 Å². The lowest BCUT2D eigenvalue weighted by Gasteiger charge is -2.37. The molecule has 0 aliphatic rings. The van der Waals surface area contributed by atoms with Gasteiger partial charge in [0.2, 0.25) is 0 Å². The molecule has 0 bridgehead atoms. The van der Waals surface area contributed by atoms with E-state index in [0.717, 1.165) is 19.6 Å². The summed E-state index contributed by atoms with van der Waals surface area (Å²) in [7, 11) is 2.27. The number of hydrogen-bond acceptors (Lipinski definition) is 2. The van der Waals surface area contributed by atoms with Gasteiger partial charge in [0.05, 0.1) is 0 Å². The van der Waals surface area contributed by atoms with Crippen LogP contribution in [0.1, 0.15) is 52.5 Å². The molecule has 21 heavy (non-hydrogen) atoms. The van der Waals surface area contributed by atoms with Crippen LogP contribution in [0.3, 0.4) is 0 Å². The molecule has 0 radical (unpaired) electrons. The van der Waals surface area contributed by atoms with Crippen LogP contribution in [0.25, 0.3) is 0 Å². The minimum atomic E-state index is 0.160. The summed E-state index contributed by atoms with van der Waals surface area (Å²) < 4.78 is 0. The fraction of sp³-hybridized carbons (Fsp3) is 0.684. The summed E-state index contributed by atoms with van der Waals surface area (Å²) in [4.78, 5) is 2.52. The lowest BCUT2D eigenvalue weighted by atomic mass is 9.81. The van der Waals surface area contributed by atoms with Crippen molar-refractivity contribution < 1.29 is 0 Å². The third kappa shape index (κ3) is 5.80. The first-order chi connectivity index (χ1) is 10.0. The zero-order chi connectivity index (χ0) is 15.7. The highest BCUT2D eigenvalue weighted by molar-refractivity contribution is 5.25. The average Bonchev–Trinajstić information content (AvgIpc) is 2.48. The van der Waals surface area contributed by atoms with E-state index in [-0.39, 0.29) is 5.41 Å². The van der Waals surface area contributed by atoms with Gasteiger partial charge in [0, 0.05) is 24.5 Å². The van der Waals surface area contributed by atoms with Crippen molar-refractivity contribution in [1.29, 1.82) is 0 Å². The minimum Gasteiger partial charge on any atom is -0.316 e. The fourth-order valence-electron chi connectivity index (χ4n) is 2.98. The predicted octanol–water partition coefficient (Wildman–Crippen LogP) is 4.06. The standard InChI is InChI=1S/C19H34N2/c1-6-11-17(3)21(5)16-19(4,15-20-14-7-2)18-12-9-8-10-13-18/h8-10,12-13,17,20H,6-7,11,14-16H2,1-5H3. The van der Waals surface area contributed by atoms with Crippen molar-refractivity contribution in [1.82, 2.24) is 10.2 Å². The second-order valence-corrected chi connectivity index (χ2v) is 6.66. The molecular formula is C19H34N2.